The van der Waals surface area contributed by atoms with Crippen LogP contribution in [0.25, 0.3) is 0 Å². The molecule has 5 heteroatoms. The van der Waals surface area contributed by atoms with Crippen molar-refractivity contribution in [3.63, 3.8) is 0 Å². The highest BCUT2D eigenvalue weighted by molar-refractivity contribution is 14.0. The molecule has 0 aromatic heterocycles. The molecular weight excluding hydrogens is 411 g/mol. The summed E-state index contributed by atoms with van der Waals surface area (Å²) in [7, 11) is 2.23. The summed E-state index contributed by atoms with van der Waals surface area (Å²) in [5, 5.41) is 3.55. The molecule has 0 saturated carbocycles. The smallest absolute Gasteiger partial charge is 0.193 e. The Labute approximate surface area is 166 Å². The third-order valence-corrected chi connectivity index (χ3v) is 5.61. The minimum absolute atomic E-state index is 0. The summed E-state index contributed by atoms with van der Waals surface area (Å²) >= 11 is 0. The Bertz CT molecular complexity index is 376. The van der Waals surface area contributed by atoms with Gasteiger partial charge in [-0.3, -0.25) is 4.99 Å². The van der Waals surface area contributed by atoms with Crippen molar-refractivity contribution in [3.05, 3.63) is 0 Å². The number of nitrogens with zero attached hydrogens (tertiary/aromatic N) is 3. The van der Waals surface area contributed by atoms with E-state index in [0.29, 0.717) is 5.41 Å². The molecule has 2 heterocycles. The molecule has 0 aromatic carbocycles. The summed E-state index contributed by atoms with van der Waals surface area (Å²) in [5.41, 5.74) is 0.469. The Hall–Kier alpha value is -0.0400. The summed E-state index contributed by atoms with van der Waals surface area (Å²) in [6, 6.07) is 0. The lowest BCUT2D eigenvalue weighted by Gasteiger charge is -2.42. The fourth-order valence-electron chi connectivity index (χ4n) is 4.19. The molecule has 2 fully saturated rings. The minimum atomic E-state index is 0. The van der Waals surface area contributed by atoms with Crippen LogP contribution < -0.4 is 5.32 Å². The standard InChI is InChI=1S/C19H38N4.HI/c1-5-10-19(3)11-7-12-23(16-19)18(20-6-2)21-15-17-8-13-22(4)14-9-17;/h17H,5-16H2,1-4H3,(H,20,21);1H. The Morgan fingerprint density at radius 3 is 2.54 bits per heavy atom. The maximum Gasteiger partial charge on any atom is 0.193 e. The van der Waals surface area contributed by atoms with Crippen LogP contribution in [0.2, 0.25) is 0 Å². The molecule has 2 saturated heterocycles. The van der Waals surface area contributed by atoms with Gasteiger partial charge in [-0.1, -0.05) is 20.3 Å². The second-order valence-electron chi connectivity index (χ2n) is 8.03. The van der Waals surface area contributed by atoms with Crippen molar-refractivity contribution in [1.29, 1.82) is 0 Å². The molecule has 0 bridgehead atoms. The van der Waals surface area contributed by atoms with Gasteiger partial charge in [0.15, 0.2) is 5.96 Å². The number of piperidine rings is 2. The van der Waals surface area contributed by atoms with Gasteiger partial charge in [-0.15, -0.1) is 24.0 Å². The normalized spacial score (nSPS) is 27.0. The van der Waals surface area contributed by atoms with E-state index in [-0.39, 0.29) is 24.0 Å². The molecule has 1 atom stereocenters. The van der Waals surface area contributed by atoms with Crippen LogP contribution in [0.5, 0.6) is 0 Å². The number of guanidine groups is 1. The molecule has 0 spiro atoms. The van der Waals surface area contributed by atoms with E-state index in [9.17, 15) is 0 Å². The van der Waals surface area contributed by atoms with Crippen molar-refractivity contribution in [1.82, 2.24) is 15.1 Å². The van der Waals surface area contributed by atoms with Crippen LogP contribution >= 0.6 is 24.0 Å². The number of rotatable bonds is 5. The number of nitrogens with one attached hydrogen (secondary N) is 1. The van der Waals surface area contributed by atoms with Crippen LogP contribution in [0.15, 0.2) is 4.99 Å². The zero-order chi connectivity index (χ0) is 16.7. The van der Waals surface area contributed by atoms with E-state index in [1.165, 1.54) is 64.7 Å². The van der Waals surface area contributed by atoms with Crippen molar-refractivity contribution >= 4 is 29.9 Å². The van der Waals surface area contributed by atoms with Crippen LogP contribution in [-0.2, 0) is 0 Å². The Morgan fingerprint density at radius 2 is 1.92 bits per heavy atom. The van der Waals surface area contributed by atoms with E-state index in [0.717, 1.165) is 25.0 Å². The molecular formula is C19H39IN4. The topological polar surface area (TPSA) is 30.9 Å². The molecule has 1 unspecified atom stereocenters. The first kappa shape index (κ1) is 22.0. The summed E-state index contributed by atoms with van der Waals surface area (Å²) in [6.45, 7) is 13.7. The van der Waals surface area contributed by atoms with Crippen molar-refractivity contribution in [2.24, 2.45) is 16.3 Å². The van der Waals surface area contributed by atoms with E-state index in [1.807, 2.05) is 0 Å². The molecule has 0 radical (unpaired) electrons. The zero-order valence-corrected chi connectivity index (χ0v) is 18.6. The van der Waals surface area contributed by atoms with E-state index < -0.39 is 0 Å². The quantitative estimate of drug-likeness (QED) is 0.393. The third-order valence-electron chi connectivity index (χ3n) is 5.61. The van der Waals surface area contributed by atoms with Gasteiger partial charge in [0.1, 0.15) is 0 Å². The van der Waals surface area contributed by atoms with Gasteiger partial charge in [0.2, 0.25) is 0 Å². The van der Waals surface area contributed by atoms with Crippen LogP contribution in [-0.4, -0.2) is 62.1 Å². The van der Waals surface area contributed by atoms with Gasteiger partial charge in [-0.2, -0.15) is 0 Å². The lowest BCUT2D eigenvalue weighted by Crippen LogP contribution is -2.50. The molecule has 24 heavy (non-hydrogen) atoms. The Morgan fingerprint density at radius 1 is 1.21 bits per heavy atom. The number of hydrogen-bond acceptors (Lipinski definition) is 2. The number of hydrogen-bond donors (Lipinski definition) is 1. The fraction of sp³-hybridized carbons (Fsp3) is 0.947. The monoisotopic (exact) mass is 450 g/mol. The number of halogens is 1. The van der Waals surface area contributed by atoms with Gasteiger partial charge >= 0.3 is 0 Å². The van der Waals surface area contributed by atoms with Crippen LogP contribution in [0, 0.1) is 11.3 Å². The maximum atomic E-state index is 5.02. The predicted octanol–water partition coefficient (Wildman–Crippen LogP) is 3.81. The SMILES string of the molecule is CCCC1(C)CCCN(C(=NCC2CCN(C)CC2)NCC)C1.I. The van der Waals surface area contributed by atoms with Crippen molar-refractivity contribution in [2.45, 2.75) is 59.3 Å². The molecule has 142 valence electrons. The van der Waals surface area contributed by atoms with Crippen LogP contribution in [0.1, 0.15) is 59.3 Å². The van der Waals surface area contributed by atoms with Gasteiger partial charge in [0.25, 0.3) is 0 Å². The van der Waals surface area contributed by atoms with Gasteiger partial charge in [-0.25, -0.2) is 0 Å². The highest BCUT2D eigenvalue weighted by Gasteiger charge is 2.31. The zero-order valence-electron chi connectivity index (χ0n) is 16.3. The van der Waals surface area contributed by atoms with E-state index in [4.69, 9.17) is 4.99 Å². The first-order valence-corrected chi connectivity index (χ1v) is 9.78. The van der Waals surface area contributed by atoms with Crippen molar-refractivity contribution in [3.8, 4) is 0 Å². The van der Waals surface area contributed by atoms with Crippen LogP contribution in [0.4, 0.5) is 0 Å². The average molecular weight is 450 g/mol. The molecule has 0 amide bonds. The summed E-state index contributed by atoms with van der Waals surface area (Å²) < 4.78 is 0. The summed E-state index contributed by atoms with van der Waals surface area (Å²) in [6.07, 6.45) is 7.88. The van der Waals surface area contributed by atoms with Gasteiger partial charge in [-0.05, 0) is 70.5 Å². The van der Waals surface area contributed by atoms with E-state index in [1.54, 1.807) is 0 Å². The Kier molecular flexibility index (Phi) is 9.94. The van der Waals surface area contributed by atoms with E-state index in [2.05, 4.69) is 42.9 Å². The molecule has 4 nitrogen and oxygen atoms in total. The minimum Gasteiger partial charge on any atom is -0.357 e. The van der Waals surface area contributed by atoms with Gasteiger partial charge in [0, 0.05) is 26.2 Å². The predicted molar refractivity (Wildman–Crippen MR) is 115 cm³/mol. The first-order chi connectivity index (χ1) is 11.1. The Balaban J connectivity index is 0.00000288. The molecule has 2 aliphatic heterocycles. The number of aliphatic imine (C=N–C) groups is 1. The molecule has 1 N–H and O–H groups in total. The van der Waals surface area contributed by atoms with Crippen molar-refractivity contribution < 1.29 is 0 Å². The molecule has 2 aliphatic rings. The van der Waals surface area contributed by atoms with Crippen LogP contribution in [0.3, 0.4) is 0 Å². The largest absolute Gasteiger partial charge is 0.357 e. The molecule has 2 rings (SSSR count). The average Bonchev–Trinajstić information content (AvgIpc) is 2.53. The first-order valence-electron chi connectivity index (χ1n) is 9.78. The highest BCUT2D eigenvalue weighted by Crippen LogP contribution is 2.34. The molecule has 0 aliphatic carbocycles. The third kappa shape index (κ3) is 6.70. The van der Waals surface area contributed by atoms with E-state index >= 15 is 0 Å². The highest BCUT2D eigenvalue weighted by atomic mass is 127. The molecule has 0 aromatic rings. The fourth-order valence-corrected chi connectivity index (χ4v) is 4.19. The van der Waals surface area contributed by atoms with Gasteiger partial charge < -0.3 is 15.1 Å². The summed E-state index contributed by atoms with van der Waals surface area (Å²) in [5.74, 6) is 1.93. The second-order valence-corrected chi connectivity index (χ2v) is 8.03. The van der Waals surface area contributed by atoms with Gasteiger partial charge in [0.05, 0.1) is 0 Å². The lowest BCUT2D eigenvalue weighted by molar-refractivity contribution is 0.142. The maximum absolute atomic E-state index is 5.02. The summed E-state index contributed by atoms with van der Waals surface area (Å²) in [4.78, 5) is 9.99. The lowest BCUT2D eigenvalue weighted by atomic mass is 9.78. The second kappa shape index (κ2) is 10.8. The number of likely N-dealkylation sites (tertiary alicyclic amines) is 2. The van der Waals surface area contributed by atoms with Crippen molar-refractivity contribution in [2.75, 3.05) is 46.3 Å².